The van der Waals surface area contributed by atoms with E-state index in [1.807, 2.05) is 30.3 Å². The van der Waals surface area contributed by atoms with Crippen molar-refractivity contribution in [3.05, 3.63) is 42.1 Å². The van der Waals surface area contributed by atoms with Crippen molar-refractivity contribution in [3.8, 4) is 0 Å². The number of para-hydroxylation sites is 1. The van der Waals surface area contributed by atoms with Crippen LogP contribution in [0.2, 0.25) is 0 Å². The maximum absolute atomic E-state index is 12.1. The first-order chi connectivity index (χ1) is 10.7. The summed E-state index contributed by atoms with van der Waals surface area (Å²) in [6.07, 6.45) is 5.15. The minimum Gasteiger partial charge on any atom is -0.273 e. The Morgan fingerprint density at radius 3 is 2.55 bits per heavy atom. The van der Waals surface area contributed by atoms with E-state index in [-0.39, 0.29) is 11.8 Å². The van der Waals surface area contributed by atoms with Gasteiger partial charge in [-0.3, -0.25) is 20.4 Å². The van der Waals surface area contributed by atoms with Gasteiger partial charge in [-0.05, 0) is 25.0 Å². The van der Waals surface area contributed by atoms with E-state index in [0.29, 0.717) is 5.69 Å². The third-order valence-electron chi connectivity index (χ3n) is 4.11. The molecule has 2 N–H and O–H groups in total. The summed E-state index contributed by atoms with van der Waals surface area (Å²) in [5, 5.41) is 0.977. The lowest BCUT2D eigenvalue weighted by molar-refractivity contribution is -0.126. The van der Waals surface area contributed by atoms with Crippen molar-refractivity contribution in [1.29, 1.82) is 0 Å². The number of aromatic nitrogens is 1. The number of pyridine rings is 1. The Morgan fingerprint density at radius 2 is 1.73 bits per heavy atom. The fourth-order valence-electron chi connectivity index (χ4n) is 2.84. The van der Waals surface area contributed by atoms with Crippen molar-refractivity contribution < 1.29 is 9.59 Å². The molecule has 1 aliphatic carbocycles. The van der Waals surface area contributed by atoms with Crippen LogP contribution in [0.1, 0.15) is 42.6 Å². The molecule has 0 saturated heterocycles. The molecule has 1 aromatic carbocycles. The molecule has 1 saturated carbocycles. The fourth-order valence-corrected chi connectivity index (χ4v) is 2.84. The van der Waals surface area contributed by atoms with Crippen LogP contribution in [0.3, 0.4) is 0 Å². The lowest BCUT2D eigenvalue weighted by Gasteiger charge is -2.20. The number of nitrogens with zero attached hydrogens (tertiary/aromatic N) is 1. The Bertz CT molecular complexity index is 693. The number of benzene rings is 1. The highest BCUT2D eigenvalue weighted by Crippen LogP contribution is 2.23. The molecule has 1 aliphatic rings. The van der Waals surface area contributed by atoms with E-state index < -0.39 is 5.91 Å². The van der Waals surface area contributed by atoms with Crippen molar-refractivity contribution in [1.82, 2.24) is 15.8 Å². The highest BCUT2D eigenvalue weighted by atomic mass is 16.2. The smallest absolute Gasteiger partial charge is 0.273 e. The van der Waals surface area contributed by atoms with Gasteiger partial charge in [-0.1, -0.05) is 43.5 Å². The zero-order chi connectivity index (χ0) is 15.4. The lowest BCUT2D eigenvalue weighted by Crippen LogP contribution is -2.45. The topological polar surface area (TPSA) is 71.1 Å². The minimum atomic E-state index is -0.394. The van der Waals surface area contributed by atoms with Gasteiger partial charge in [0.25, 0.3) is 5.91 Å². The minimum absolute atomic E-state index is 0.0126. The van der Waals surface area contributed by atoms with Gasteiger partial charge in [0.05, 0.1) is 5.52 Å². The van der Waals surface area contributed by atoms with E-state index in [4.69, 9.17) is 0 Å². The van der Waals surface area contributed by atoms with Crippen LogP contribution in [0.5, 0.6) is 0 Å². The van der Waals surface area contributed by atoms with Crippen molar-refractivity contribution in [3.63, 3.8) is 0 Å². The maximum atomic E-state index is 12.1. The number of carbonyl (C=O) groups excluding carboxylic acids is 2. The molecule has 22 heavy (non-hydrogen) atoms. The molecule has 3 rings (SSSR count). The van der Waals surface area contributed by atoms with E-state index in [2.05, 4.69) is 15.8 Å². The number of hydrogen-bond acceptors (Lipinski definition) is 3. The van der Waals surface area contributed by atoms with Crippen molar-refractivity contribution in [2.24, 2.45) is 5.92 Å². The van der Waals surface area contributed by atoms with Gasteiger partial charge in [-0.15, -0.1) is 0 Å². The summed E-state index contributed by atoms with van der Waals surface area (Å²) < 4.78 is 0. The summed E-state index contributed by atoms with van der Waals surface area (Å²) in [6.45, 7) is 0. The number of hydrazine groups is 1. The van der Waals surface area contributed by atoms with Crippen LogP contribution >= 0.6 is 0 Å². The SMILES string of the molecule is O=C(NNC(=O)C1CCCCC1)c1ccc2ccccc2n1. The average Bonchev–Trinajstić information content (AvgIpc) is 2.59. The molecule has 2 aromatic rings. The second kappa shape index (κ2) is 6.56. The third-order valence-corrected chi connectivity index (χ3v) is 4.11. The number of nitrogens with one attached hydrogen (secondary N) is 2. The summed E-state index contributed by atoms with van der Waals surface area (Å²) in [6, 6.07) is 11.1. The number of fused-ring (bicyclic) bond motifs is 1. The second-order valence-electron chi connectivity index (χ2n) is 5.67. The van der Waals surface area contributed by atoms with Crippen molar-refractivity contribution in [2.45, 2.75) is 32.1 Å². The van der Waals surface area contributed by atoms with E-state index >= 15 is 0 Å². The first-order valence-corrected chi connectivity index (χ1v) is 7.70. The maximum Gasteiger partial charge on any atom is 0.288 e. The highest BCUT2D eigenvalue weighted by Gasteiger charge is 2.21. The molecule has 0 spiro atoms. The van der Waals surface area contributed by atoms with Crippen LogP contribution < -0.4 is 10.9 Å². The largest absolute Gasteiger partial charge is 0.288 e. The van der Waals surface area contributed by atoms with Crippen LogP contribution in [0, 0.1) is 5.92 Å². The predicted molar refractivity (Wildman–Crippen MR) is 83.9 cm³/mol. The molecule has 0 atom stereocenters. The molecule has 5 heteroatoms. The van der Waals surface area contributed by atoms with Crippen LogP contribution in [0.15, 0.2) is 36.4 Å². The quantitative estimate of drug-likeness (QED) is 0.837. The molecule has 1 aromatic heterocycles. The molecule has 2 amide bonds. The number of amides is 2. The van der Waals surface area contributed by atoms with Gasteiger partial charge >= 0.3 is 0 Å². The first kappa shape index (κ1) is 14.5. The van der Waals surface area contributed by atoms with Crippen LogP contribution in [0.25, 0.3) is 10.9 Å². The zero-order valence-corrected chi connectivity index (χ0v) is 12.3. The zero-order valence-electron chi connectivity index (χ0n) is 12.3. The molecule has 1 heterocycles. The molecule has 1 fully saturated rings. The van der Waals surface area contributed by atoms with E-state index in [1.165, 1.54) is 6.42 Å². The van der Waals surface area contributed by atoms with Crippen LogP contribution in [-0.4, -0.2) is 16.8 Å². The van der Waals surface area contributed by atoms with Gasteiger partial charge < -0.3 is 0 Å². The first-order valence-electron chi connectivity index (χ1n) is 7.70. The normalized spacial score (nSPS) is 15.5. The summed E-state index contributed by atoms with van der Waals surface area (Å²) >= 11 is 0. The Morgan fingerprint density at radius 1 is 0.955 bits per heavy atom. The third kappa shape index (κ3) is 3.24. The Balaban J connectivity index is 1.61. The number of rotatable bonds is 2. The van der Waals surface area contributed by atoms with Crippen LogP contribution in [-0.2, 0) is 4.79 Å². The number of hydrogen-bond donors (Lipinski definition) is 2. The number of carbonyl (C=O) groups is 2. The molecular weight excluding hydrogens is 278 g/mol. The highest BCUT2D eigenvalue weighted by molar-refractivity contribution is 5.96. The molecule has 0 radical (unpaired) electrons. The van der Waals surface area contributed by atoms with Gasteiger partial charge in [-0.25, -0.2) is 4.98 Å². The summed E-state index contributed by atoms with van der Waals surface area (Å²) in [4.78, 5) is 28.4. The van der Waals surface area contributed by atoms with Crippen molar-refractivity contribution >= 4 is 22.7 Å². The van der Waals surface area contributed by atoms with Gasteiger partial charge in [0.15, 0.2) is 0 Å². The summed E-state index contributed by atoms with van der Waals surface area (Å²) in [7, 11) is 0. The monoisotopic (exact) mass is 297 g/mol. The van der Waals surface area contributed by atoms with Gasteiger partial charge in [0.1, 0.15) is 5.69 Å². The van der Waals surface area contributed by atoms with Crippen molar-refractivity contribution in [2.75, 3.05) is 0 Å². The van der Waals surface area contributed by atoms with Gasteiger partial charge in [0, 0.05) is 11.3 Å². The van der Waals surface area contributed by atoms with E-state index in [1.54, 1.807) is 6.07 Å². The summed E-state index contributed by atoms with van der Waals surface area (Å²) in [5.74, 6) is -0.484. The lowest BCUT2D eigenvalue weighted by atomic mass is 9.89. The standard InChI is InChI=1S/C17H19N3O2/c21-16(13-7-2-1-3-8-13)19-20-17(22)15-11-10-12-6-4-5-9-14(12)18-15/h4-6,9-11,13H,1-3,7-8H2,(H,19,21)(H,20,22). The molecule has 5 nitrogen and oxygen atoms in total. The van der Waals surface area contributed by atoms with E-state index in [9.17, 15) is 9.59 Å². The predicted octanol–water partition coefficient (Wildman–Crippen LogP) is 2.58. The Hall–Kier alpha value is -2.43. The molecular formula is C17H19N3O2. The van der Waals surface area contributed by atoms with E-state index in [0.717, 1.165) is 36.6 Å². The Kier molecular flexibility index (Phi) is 4.32. The molecule has 0 aliphatic heterocycles. The Labute approximate surface area is 129 Å². The molecule has 0 unspecified atom stereocenters. The average molecular weight is 297 g/mol. The second-order valence-corrected chi connectivity index (χ2v) is 5.67. The molecule has 114 valence electrons. The molecule has 0 bridgehead atoms. The van der Waals surface area contributed by atoms with Gasteiger partial charge in [0.2, 0.25) is 5.91 Å². The summed E-state index contributed by atoms with van der Waals surface area (Å²) in [5.41, 5.74) is 6.03. The van der Waals surface area contributed by atoms with Gasteiger partial charge in [-0.2, -0.15) is 0 Å². The fraction of sp³-hybridized carbons (Fsp3) is 0.353. The van der Waals surface area contributed by atoms with Crippen LogP contribution in [0.4, 0.5) is 0 Å².